The number of carbonyl (C=O) groups excluding carboxylic acids is 1. The van der Waals surface area contributed by atoms with Crippen LogP contribution in [0.3, 0.4) is 0 Å². The standard InChI is InChI=1S/C27H36N4O3/c1-18-9-8-10-19(2)30(18)15-6-3-7-16-31-22-11-4-5-12-24(22)34-25(27(31)33)21-17-20(26(28)29)13-14-23(21)32/h4-5,11-14,17-19,25,32H,3,6-10,15-16H2,1-2H3,(H3,28,29)/t18?,19?,25-/m0/s1. The Bertz CT molecular complexity index is 1030. The summed E-state index contributed by atoms with van der Waals surface area (Å²) in [6.07, 6.45) is 5.94. The monoisotopic (exact) mass is 464 g/mol. The van der Waals surface area contributed by atoms with E-state index in [0.717, 1.165) is 31.5 Å². The number of phenolic OH excluding ortho intramolecular Hbond substituents is 1. The number of carbonyl (C=O) groups is 1. The first-order chi connectivity index (χ1) is 16.4. The van der Waals surface area contributed by atoms with Crippen molar-refractivity contribution in [2.75, 3.05) is 18.0 Å². The van der Waals surface area contributed by atoms with Gasteiger partial charge < -0.3 is 20.5 Å². The number of amidine groups is 1. The molecule has 2 heterocycles. The summed E-state index contributed by atoms with van der Waals surface area (Å²) < 4.78 is 6.04. The summed E-state index contributed by atoms with van der Waals surface area (Å²) in [6.45, 7) is 6.35. The van der Waals surface area contributed by atoms with Gasteiger partial charge in [0, 0.05) is 29.8 Å². The number of likely N-dealkylation sites (tertiary alicyclic amines) is 1. The molecule has 34 heavy (non-hydrogen) atoms. The van der Waals surface area contributed by atoms with Crippen molar-refractivity contribution in [2.24, 2.45) is 5.73 Å². The molecular weight excluding hydrogens is 428 g/mol. The SMILES string of the molecule is CC1CCCC(C)N1CCCCCN1C(=O)[C@H](c2cc(C(=N)N)ccc2O)Oc2ccccc21. The summed E-state index contributed by atoms with van der Waals surface area (Å²) in [5, 5.41) is 18.2. The molecule has 0 aromatic heterocycles. The Labute approximate surface area is 202 Å². The minimum atomic E-state index is -0.982. The molecule has 2 aromatic carbocycles. The molecule has 0 spiro atoms. The quantitative estimate of drug-likeness (QED) is 0.302. The molecule has 0 bridgehead atoms. The zero-order chi connectivity index (χ0) is 24.2. The molecule has 0 aliphatic carbocycles. The second-order valence-corrected chi connectivity index (χ2v) is 9.57. The fourth-order valence-electron chi connectivity index (χ4n) is 5.23. The normalized spacial score (nSPS) is 22.8. The first kappa shape index (κ1) is 24.1. The van der Waals surface area contributed by atoms with Gasteiger partial charge in [0.1, 0.15) is 17.3 Å². The van der Waals surface area contributed by atoms with Crippen molar-refractivity contribution in [3.05, 3.63) is 53.6 Å². The molecule has 4 rings (SSSR count). The van der Waals surface area contributed by atoms with Crippen molar-refractivity contribution in [2.45, 2.75) is 70.6 Å². The van der Waals surface area contributed by atoms with E-state index in [1.807, 2.05) is 24.3 Å². The second kappa shape index (κ2) is 10.5. The first-order valence-corrected chi connectivity index (χ1v) is 12.4. The number of amides is 1. The number of unbranched alkanes of at least 4 members (excludes halogenated alkanes) is 2. The highest BCUT2D eigenvalue weighted by Crippen LogP contribution is 2.41. The number of rotatable bonds is 8. The Morgan fingerprint density at radius 1 is 1.09 bits per heavy atom. The van der Waals surface area contributed by atoms with Crippen LogP contribution in [0.2, 0.25) is 0 Å². The molecule has 1 amide bonds. The van der Waals surface area contributed by atoms with Crippen molar-refractivity contribution in [3.63, 3.8) is 0 Å². The minimum absolute atomic E-state index is 0.0487. The third-order valence-electron chi connectivity index (χ3n) is 7.19. The second-order valence-electron chi connectivity index (χ2n) is 9.57. The van der Waals surface area contributed by atoms with Crippen LogP contribution in [0.15, 0.2) is 42.5 Å². The highest BCUT2D eigenvalue weighted by Gasteiger charge is 2.36. The number of para-hydroxylation sites is 2. The molecule has 7 nitrogen and oxygen atoms in total. The van der Waals surface area contributed by atoms with Gasteiger partial charge in [-0.05, 0) is 76.4 Å². The summed E-state index contributed by atoms with van der Waals surface area (Å²) in [5.41, 5.74) is 7.15. The Morgan fingerprint density at radius 2 is 1.79 bits per heavy atom. The number of benzene rings is 2. The molecule has 4 N–H and O–H groups in total. The van der Waals surface area contributed by atoms with Crippen molar-refractivity contribution >= 4 is 17.4 Å². The Morgan fingerprint density at radius 3 is 2.53 bits per heavy atom. The first-order valence-electron chi connectivity index (χ1n) is 12.4. The number of hydrogen-bond acceptors (Lipinski definition) is 5. The number of anilines is 1. The van der Waals surface area contributed by atoms with Gasteiger partial charge in [0.15, 0.2) is 0 Å². The number of nitrogens with two attached hydrogens (primary N) is 1. The molecule has 182 valence electrons. The highest BCUT2D eigenvalue weighted by molar-refractivity contribution is 6.01. The van der Waals surface area contributed by atoms with Gasteiger partial charge in [0.25, 0.3) is 5.91 Å². The van der Waals surface area contributed by atoms with E-state index >= 15 is 0 Å². The Balaban J connectivity index is 1.45. The predicted octanol–water partition coefficient (Wildman–Crippen LogP) is 4.58. The maximum atomic E-state index is 13.5. The van der Waals surface area contributed by atoms with E-state index in [2.05, 4.69) is 18.7 Å². The Hall–Kier alpha value is -3.06. The third kappa shape index (κ3) is 5.04. The molecule has 1 fully saturated rings. The van der Waals surface area contributed by atoms with Gasteiger partial charge >= 0.3 is 0 Å². The van der Waals surface area contributed by atoms with E-state index in [1.54, 1.807) is 17.0 Å². The average molecular weight is 465 g/mol. The lowest BCUT2D eigenvalue weighted by atomic mass is 9.97. The summed E-state index contributed by atoms with van der Waals surface area (Å²) in [5.74, 6) is 0.218. The lowest BCUT2D eigenvalue weighted by molar-refractivity contribution is -0.126. The molecule has 2 aliphatic rings. The summed E-state index contributed by atoms with van der Waals surface area (Å²) in [4.78, 5) is 17.9. The van der Waals surface area contributed by atoms with Crippen LogP contribution in [0, 0.1) is 5.41 Å². The van der Waals surface area contributed by atoms with Crippen LogP contribution < -0.4 is 15.4 Å². The molecule has 3 atom stereocenters. The van der Waals surface area contributed by atoms with Crippen LogP contribution in [-0.4, -0.2) is 46.9 Å². The average Bonchev–Trinajstić information content (AvgIpc) is 2.81. The predicted molar refractivity (Wildman–Crippen MR) is 135 cm³/mol. The van der Waals surface area contributed by atoms with Crippen molar-refractivity contribution in [1.29, 1.82) is 5.41 Å². The van der Waals surface area contributed by atoms with Gasteiger partial charge in [-0.1, -0.05) is 25.0 Å². The molecule has 7 heteroatoms. The van der Waals surface area contributed by atoms with Crippen LogP contribution in [0.1, 0.15) is 69.6 Å². The van der Waals surface area contributed by atoms with Gasteiger partial charge in [0.2, 0.25) is 6.10 Å². The number of aromatic hydroxyl groups is 1. The number of ether oxygens (including phenoxy) is 1. The van der Waals surface area contributed by atoms with Crippen molar-refractivity contribution in [3.8, 4) is 11.5 Å². The Kier molecular flexibility index (Phi) is 7.41. The van der Waals surface area contributed by atoms with E-state index in [9.17, 15) is 9.90 Å². The number of piperidine rings is 1. The molecule has 1 saturated heterocycles. The van der Waals surface area contributed by atoms with Crippen molar-refractivity contribution in [1.82, 2.24) is 4.90 Å². The van der Waals surface area contributed by atoms with Gasteiger partial charge in [-0.25, -0.2) is 0 Å². The maximum Gasteiger partial charge on any atom is 0.273 e. The lowest BCUT2D eigenvalue weighted by Gasteiger charge is -2.39. The molecule has 0 saturated carbocycles. The topological polar surface area (TPSA) is 103 Å². The number of nitrogen functional groups attached to an aromatic ring is 1. The van der Waals surface area contributed by atoms with Gasteiger partial charge in [0.05, 0.1) is 5.69 Å². The van der Waals surface area contributed by atoms with Crippen LogP contribution in [0.4, 0.5) is 5.69 Å². The third-order valence-corrected chi connectivity index (χ3v) is 7.19. The molecular formula is C27H36N4O3. The smallest absolute Gasteiger partial charge is 0.273 e. The summed E-state index contributed by atoms with van der Waals surface area (Å²) in [7, 11) is 0. The zero-order valence-corrected chi connectivity index (χ0v) is 20.2. The molecule has 2 unspecified atom stereocenters. The highest BCUT2D eigenvalue weighted by atomic mass is 16.5. The number of nitrogens with zero attached hydrogens (tertiary/aromatic N) is 2. The van der Waals surface area contributed by atoms with E-state index in [4.69, 9.17) is 15.9 Å². The van der Waals surface area contributed by atoms with E-state index in [-0.39, 0.29) is 17.5 Å². The van der Waals surface area contributed by atoms with Crippen LogP contribution in [-0.2, 0) is 4.79 Å². The van der Waals surface area contributed by atoms with E-state index in [1.165, 1.54) is 25.3 Å². The maximum absolute atomic E-state index is 13.5. The number of hydrogen-bond donors (Lipinski definition) is 3. The summed E-state index contributed by atoms with van der Waals surface area (Å²) >= 11 is 0. The van der Waals surface area contributed by atoms with Crippen LogP contribution in [0.25, 0.3) is 0 Å². The number of nitrogens with one attached hydrogen (secondary N) is 1. The summed E-state index contributed by atoms with van der Waals surface area (Å²) in [6, 6.07) is 13.4. The fourth-order valence-corrected chi connectivity index (χ4v) is 5.23. The lowest BCUT2D eigenvalue weighted by Crippen LogP contribution is -2.44. The minimum Gasteiger partial charge on any atom is -0.508 e. The molecule has 0 radical (unpaired) electrons. The van der Waals surface area contributed by atoms with Crippen molar-refractivity contribution < 1.29 is 14.6 Å². The van der Waals surface area contributed by atoms with Gasteiger partial charge in [-0.3, -0.25) is 15.1 Å². The van der Waals surface area contributed by atoms with Gasteiger partial charge in [-0.2, -0.15) is 0 Å². The van der Waals surface area contributed by atoms with E-state index in [0.29, 0.717) is 35.5 Å². The zero-order valence-electron chi connectivity index (χ0n) is 20.2. The number of fused-ring (bicyclic) bond motifs is 1. The molecule has 2 aromatic rings. The van der Waals surface area contributed by atoms with E-state index < -0.39 is 6.10 Å². The fraction of sp³-hybridized carbons (Fsp3) is 0.481. The van der Waals surface area contributed by atoms with Crippen LogP contribution >= 0.6 is 0 Å². The largest absolute Gasteiger partial charge is 0.508 e. The van der Waals surface area contributed by atoms with Crippen LogP contribution in [0.5, 0.6) is 11.5 Å². The number of phenols is 1. The molecule has 2 aliphatic heterocycles. The van der Waals surface area contributed by atoms with Gasteiger partial charge in [-0.15, -0.1) is 0 Å².